The van der Waals surface area contributed by atoms with Gasteiger partial charge in [-0.1, -0.05) is 39.5 Å². The highest BCUT2D eigenvalue weighted by Gasteiger charge is 2.41. The first-order valence-corrected chi connectivity index (χ1v) is 7.96. The number of carbonyl (C=O) groups is 2. The highest BCUT2D eigenvalue weighted by atomic mass is 16.4. The van der Waals surface area contributed by atoms with Crippen LogP contribution < -0.4 is 0 Å². The molecule has 1 fully saturated rings. The van der Waals surface area contributed by atoms with Crippen LogP contribution in [0, 0.1) is 5.41 Å². The summed E-state index contributed by atoms with van der Waals surface area (Å²) < 4.78 is 0. The molecule has 116 valence electrons. The highest BCUT2D eigenvalue weighted by molar-refractivity contribution is 5.85. The molecule has 1 N–H and O–H groups in total. The van der Waals surface area contributed by atoms with Crippen LogP contribution in [0.3, 0.4) is 0 Å². The first-order valence-electron chi connectivity index (χ1n) is 7.96. The highest BCUT2D eigenvalue weighted by Crippen LogP contribution is 2.39. The zero-order valence-corrected chi connectivity index (χ0v) is 13.2. The molecule has 1 saturated carbocycles. The van der Waals surface area contributed by atoms with E-state index in [-0.39, 0.29) is 18.4 Å². The van der Waals surface area contributed by atoms with E-state index < -0.39 is 11.4 Å². The Bertz CT molecular complexity index is 329. The fourth-order valence-electron chi connectivity index (χ4n) is 3.33. The van der Waals surface area contributed by atoms with Gasteiger partial charge in [-0.2, -0.15) is 0 Å². The average molecular weight is 283 g/mol. The summed E-state index contributed by atoms with van der Waals surface area (Å²) in [4.78, 5) is 25.9. The van der Waals surface area contributed by atoms with Crippen LogP contribution in [-0.4, -0.2) is 35.0 Å². The molecule has 0 bridgehead atoms. The Morgan fingerprint density at radius 3 is 2.00 bits per heavy atom. The zero-order chi connectivity index (χ0) is 15.2. The van der Waals surface area contributed by atoms with E-state index in [1.54, 1.807) is 4.90 Å². The van der Waals surface area contributed by atoms with Crippen molar-refractivity contribution in [3.05, 3.63) is 0 Å². The minimum atomic E-state index is -0.826. The molecule has 0 spiro atoms. The summed E-state index contributed by atoms with van der Waals surface area (Å²) in [5.74, 6) is -0.798. The number of amides is 1. The predicted molar refractivity (Wildman–Crippen MR) is 79.5 cm³/mol. The van der Waals surface area contributed by atoms with Crippen molar-refractivity contribution < 1.29 is 14.7 Å². The van der Waals surface area contributed by atoms with E-state index in [1.807, 2.05) is 7.05 Å². The van der Waals surface area contributed by atoms with Gasteiger partial charge in [0, 0.05) is 19.5 Å². The Morgan fingerprint density at radius 2 is 1.60 bits per heavy atom. The van der Waals surface area contributed by atoms with Gasteiger partial charge in [-0.3, -0.25) is 9.59 Å². The second-order valence-corrected chi connectivity index (χ2v) is 6.15. The minimum Gasteiger partial charge on any atom is -0.481 e. The molecular formula is C16H29NO3. The second kappa shape index (κ2) is 7.65. The minimum absolute atomic E-state index is 0.0111. The quantitative estimate of drug-likeness (QED) is 0.760. The third kappa shape index (κ3) is 3.97. The molecule has 0 heterocycles. The number of carboxylic acids is 1. The molecule has 0 aliphatic heterocycles. The molecule has 4 heteroatoms. The molecule has 0 aromatic rings. The average Bonchev–Trinajstić information content (AvgIpc) is 2.66. The molecule has 1 aliphatic rings. The maximum atomic E-state index is 12.5. The summed E-state index contributed by atoms with van der Waals surface area (Å²) in [6, 6.07) is 0.221. The lowest BCUT2D eigenvalue weighted by Gasteiger charge is -2.32. The number of carboxylic acid groups (broad SMARTS) is 1. The van der Waals surface area contributed by atoms with E-state index in [0.717, 1.165) is 38.5 Å². The summed E-state index contributed by atoms with van der Waals surface area (Å²) >= 11 is 0. The summed E-state index contributed by atoms with van der Waals surface area (Å²) in [6.45, 7) is 4.13. The number of rotatable bonds is 6. The number of aliphatic carboxylic acids is 1. The molecule has 0 saturated heterocycles. The van der Waals surface area contributed by atoms with Crippen LogP contribution in [0.25, 0.3) is 0 Å². The lowest BCUT2D eigenvalue weighted by molar-refractivity contribution is -0.155. The van der Waals surface area contributed by atoms with Gasteiger partial charge in [0.1, 0.15) is 0 Å². The topological polar surface area (TPSA) is 57.6 Å². The van der Waals surface area contributed by atoms with Gasteiger partial charge < -0.3 is 10.0 Å². The number of hydrogen-bond donors (Lipinski definition) is 1. The molecule has 1 aliphatic carbocycles. The normalized spacial score (nSPS) is 18.6. The second-order valence-electron chi connectivity index (χ2n) is 6.15. The SMILES string of the molecule is CCC(CC)N(C)C(=O)CC1(C(=O)O)CCCCCC1. The third-order valence-electron chi connectivity index (χ3n) is 4.89. The molecule has 1 amide bonds. The number of carbonyl (C=O) groups excluding carboxylic acids is 1. The van der Waals surface area contributed by atoms with Crippen molar-refractivity contribution in [2.24, 2.45) is 5.41 Å². The van der Waals surface area contributed by atoms with Gasteiger partial charge in [-0.15, -0.1) is 0 Å². The lowest BCUT2D eigenvalue weighted by atomic mass is 9.77. The van der Waals surface area contributed by atoms with Crippen molar-refractivity contribution >= 4 is 11.9 Å². The van der Waals surface area contributed by atoms with Crippen LogP contribution in [0.15, 0.2) is 0 Å². The van der Waals surface area contributed by atoms with Crippen LogP contribution in [0.5, 0.6) is 0 Å². The smallest absolute Gasteiger partial charge is 0.310 e. The van der Waals surface area contributed by atoms with Gasteiger partial charge in [0.05, 0.1) is 5.41 Å². The summed E-state index contributed by atoms with van der Waals surface area (Å²) in [5, 5.41) is 9.63. The maximum absolute atomic E-state index is 12.5. The first-order chi connectivity index (χ1) is 9.46. The van der Waals surface area contributed by atoms with Crippen LogP contribution in [0.4, 0.5) is 0 Å². The van der Waals surface area contributed by atoms with Crippen molar-refractivity contribution in [3.8, 4) is 0 Å². The number of nitrogens with zero attached hydrogens (tertiary/aromatic N) is 1. The Labute approximate surface area is 122 Å². The van der Waals surface area contributed by atoms with E-state index in [9.17, 15) is 14.7 Å². The molecule has 0 unspecified atom stereocenters. The molecular weight excluding hydrogens is 254 g/mol. The van der Waals surface area contributed by atoms with E-state index in [4.69, 9.17) is 0 Å². The molecule has 0 aromatic heterocycles. The Kier molecular flexibility index (Phi) is 6.50. The summed E-state index contributed by atoms with van der Waals surface area (Å²) in [7, 11) is 1.81. The van der Waals surface area contributed by atoms with Crippen LogP contribution in [0.1, 0.15) is 71.6 Å². The van der Waals surface area contributed by atoms with Crippen LogP contribution in [0.2, 0.25) is 0 Å². The Hall–Kier alpha value is -1.06. The van der Waals surface area contributed by atoms with Gasteiger partial charge in [-0.25, -0.2) is 0 Å². The molecule has 0 radical (unpaired) electrons. The Morgan fingerprint density at radius 1 is 1.10 bits per heavy atom. The predicted octanol–water partition coefficient (Wildman–Crippen LogP) is 3.45. The lowest BCUT2D eigenvalue weighted by Crippen LogP contribution is -2.42. The molecule has 20 heavy (non-hydrogen) atoms. The fraction of sp³-hybridized carbons (Fsp3) is 0.875. The Balaban J connectivity index is 2.79. The van der Waals surface area contributed by atoms with Crippen molar-refractivity contribution in [1.29, 1.82) is 0 Å². The summed E-state index contributed by atoms with van der Waals surface area (Å²) in [5.41, 5.74) is -0.826. The van der Waals surface area contributed by atoms with Gasteiger partial charge >= 0.3 is 5.97 Å². The van der Waals surface area contributed by atoms with Gasteiger partial charge in [0.25, 0.3) is 0 Å². The van der Waals surface area contributed by atoms with Crippen LogP contribution in [-0.2, 0) is 9.59 Å². The van der Waals surface area contributed by atoms with E-state index >= 15 is 0 Å². The van der Waals surface area contributed by atoms with Crippen LogP contribution >= 0.6 is 0 Å². The van der Waals surface area contributed by atoms with Crippen molar-refractivity contribution in [2.45, 2.75) is 77.7 Å². The molecule has 0 atom stereocenters. The first kappa shape index (κ1) is 17.0. The van der Waals surface area contributed by atoms with Gasteiger partial charge in [-0.05, 0) is 25.7 Å². The maximum Gasteiger partial charge on any atom is 0.310 e. The molecule has 1 rings (SSSR count). The van der Waals surface area contributed by atoms with Gasteiger partial charge in [0.2, 0.25) is 5.91 Å². The zero-order valence-electron chi connectivity index (χ0n) is 13.2. The summed E-state index contributed by atoms with van der Waals surface area (Å²) in [6.07, 6.45) is 7.31. The number of hydrogen-bond acceptors (Lipinski definition) is 2. The standard InChI is InChI=1S/C16H29NO3/c1-4-13(5-2)17(3)14(18)12-16(15(19)20)10-8-6-7-9-11-16/h13H,4-12H2,1-3H3,(H,19,20). The van der Waals surface area contributed by atoms with E-state index in [0.29, 0.717) is 12.8 Å². The monoisotopic (exact) mass is 283 g/mol. The molecule has 0 aromatic carbocycles. The largest absolute Gasteiger partial charge is 0.481 e. The van der Waals surface area contributed by atoms with Crippen molar-refractivity contribution in [1.82, 2.24) is 4.90 Å². The van der Waals surface area contributed by atoms with Gasteiger partial charge in [0.15, 0.2) is 0 Å². The molecule has 4 nitrogen and oxygen atoms in total. The fourth-order valence-corrected chi connectivity index (χ4v) is 3.33. The van der Waals surface area contributed by atoms with E-state index in [2.05, 4.69) is 13.8 Å². The van der Waals surface area contributed by atoms with Crippen molar-refractivity contribution in [3.63, 3.8) is 0 Å². The third-order valence-corrected chi connectivity index (χ3v) is 4.89. The van der Waals surface area contributed by atoms with Crippen molar-refractivity contribution in [2.75, 3.05) is 7.05 Å². The van der Waals surface area contributed by atoms with E-state index in [1.165, 1.54) is 0 Å².